The van der Waals surface area contributed by atoms with Gasteiger partial charge in [-0.2, -0.15) is 0 Å². The maximum atomic E-state index is 10.1. The lowest BCUT2D eigenvalue weighted by Gasteiger charge is -1.95. The van der Waals surface area contributed by atoms with Crippen molar-refractivity contribution < 1.29 is 14.6 Å². The number of hydrogen-bond acceptors (Lipinski definition) is 2. The van der Waals surface area contributed by atoms with Crippen molar-refractivity contribution in [3.8, 4) is 0 Å². The van der Waals surface area contributed by atoms with Gasteiger partial charge in [-0.25, -0.2) is 4.79 Å². The molecule has 1 unspecified atom stereocenters. The van der Waals surface area contributed by atoms with Crippen molar-refractivity contribution in [1.29, 1.82) is 0 Å². The number of epoxide rings is 1. The maximum Gasteiger partial charge on any atom is 0.339 e. The number of ether oxygens (including phenoxy) is 1. The first-order valence-electron chi connectivity index (χ1n) is 2.14. The predicted octanol–water partition coefficient (Wildman–Crippen LogP) is 0.0788. The van der Waals surface area contributed by atoms with Crippen LogP contribution in [0.2, 0.25) is 0 Å². The molecule has 1 fully saturated rings. The second-order valence-corrected chi connectivity index (χ2v) is 1.99. The lowest BCUT2D eigenvalue weighted by atomic mass is 10.2. The lowest BCUT2D eigenvalue weighted by molar-refractivity contribution is -0.142. The van der Waals surface area contributed by atoms with Crippen LogP contribution in [0.25, 0.3) is 0 Å². The van der Waals surface area contributed by atoms with Crippen molar-refractivity contribution in [2.45, 2.75) is 5.60 Å². The Balaban J connectivity index is 2.53. The molecule has 0 spiro atoms. The van der Waals surface area contributed by atoms with E-state index in [9.17, 15) is 4.79 Å². The predicted molar refractivity (Wildman–Crippen MR) is 27.0 cm³/mol. The minimum atomic E-state index is -1.03. The van der Waals surface area contributed by atoms with Crippen LogP contribution in [0.1, 0.15) is 0 Å². The molecular weight excluding hydrogens is 131 g/mol. The van der Waals surface area contributed by atoms with Crippen LogP contribution >= 0.6 is 11.6 Å². The van der Waals surface area contributed by atoms with Gasteiger partial charge in [0.15, 0.2) is 0 Å². The third-order valence-electron chi connectivity index (χ3n) is 1.10. The van der Waals surface area contributed by atoms with E-state index in [-0.39, 0.29) is 12.5 Å². The fraction of sp³-hybridized carbons (Fsp3) is 0.750. The normalized spacial score (nSPS) is 34.6. The summed E-state index contributed by atoms with van der Waals surface area (Å²) >= 11 is 5.24. The summed E-state index contributed by atoms with van der Waals surface area (Å²) in [5.41, 5.74) is -1.03. The Bertz CT molecular complexity index is 118. The molecule has 0 bridgehead atoms. The van der Waals surface area contributed by atoms with Crippen molar-refractivity contribution >= 4 is 17.6 Å². The molecule has 4 heteroatoms. The van der Waals surface area contributed by atoms with Gasteiger partial charge in [0.1, 0.15) is 0 Å². The molecule has 0 radical (unpaired) electrons. The van der Waals surface area contributed by atoms with Gasteiger partial charge in [-0.1, -0.05) is 0 Å². The van der Waals surface area contributed by atoms with Crippen LogP contribution in [-0.2, 0) is 9.53 Å². The summed E-state index contributed by atoms with van der Waals surface area (Å²) in [4.78, 5) is 10.1. The van der Waals surface area contributed by atoms with Crippen molar-refractivity contribution in [2.75, 3.05) is 12.5 Å². The molecule has 1 heterocycles. The highest BCUT2D eigenvalue weighted by molar-refractivity contribution is 6.20. The third-order valence-corrected chi connectivity index (χ3v) is 1.53. The van der Waals surface area contributed by atoms with Gasteiger partial charge >= 0.3 is 5.97 Å². The summed E-state index contributed by atoms with van der Waals surface area (Å²) in [5, 5.41) is 8.29. The van der Waals surface area contributed by atoms with Crippen molar-refractivity contribution in [3.63, 3.8) is 0 Å². The highest BCUT2D eigenvalue weighted by Crippen LogP contribution is 2.27. The topological polar surface area (TPSA) is 49.8 Å². The number of aliphatic carboxylic acids is 1. The second kappa shape index (κ2) is 1.60. The summed E-state index contributed by atoms with van der Waals surface area (Å²) in [7, 11) is 0. The summed E-state index contributed by atoms with van der Waals surface area (Å²) in [6, 6.07) is 0. The van der Waals surface area contributed by atoms with Crippen molar-refractivity contribution in [1.82, 2.24) is 0 Å². The lowest BCUT2D eigenvalue weighted by Crippen LogP contribution is -2.25. The molecule has 1 aliphatic rings. The SMILES string of the molecule is O=C(O)C1(CCl)CO1. The van der Waals surface area contributed by atoms with Crippen LogP contribution in [0.5, 0.6) is 0 Å². The van der Waals surface area contributed by atoms with Gasteiger partial charge in [-0.15, -0.1) is 11.6 Å². The van der Waals surface area contributed by atoms with E-state index in [1.807, 2.05) is 0 Å². The van der Waals surface area contributed by atoms with Crippen LogP contribution in [-0.4, -0.2) is 29.2 Å². The van der Waals surface area contributed by atoms with E-state index in [0.29, 0.717) is 0 Å². The molecule has 1 saturated heterocycles. The Labute approximate surface area is 51.2 Å². The van der Waals surface area contributed by atoms with Gasteiger partial charge in [0, 0.05) is 0 Å². The van der Waals surface area contributed by atoms with Gasteiger partial charge in [0.25, 0.3) is 0 Å². The zero-order valence-electron chi connectivity index (χ0n) is 4.06. The molecule has 0 aromatic heterocycles. The molecule has 8 heavy (non-hydrogen) atoms. The Hall–Kier alpha value is -0.280. The molecule has 1 rings (SSSR count). The largest absolute Gasteiger partial charge is 0.479 e. The molecule has 3 nitrogen and oxygen atoms in total. The molecule has 0 aliphatic carbocycles. The zero-order valence-corrected chi connectivity index (χ0v) is 4.81. The number of carboxylic acid groups (broad SMARTS) is 1. The van der Waals surface area contributed by atoms with Crippen LogP contribution < -0.4 is 0 Å². The Morgan fingerprint density at radius 1 is 2.00 bits per heavy atom. The fourth-order valence-corrected chi connectivity index (χ4v) is 0.614. The quantitative estimate of drug-likeness (QED) is 0.432. The van der Waals surface area contributed by atoms with Crippen LogP contribution in [0.4, 0.5) is 0 Å². The minimum absolute atomic E-state index is 0.0440. The molecule has 1 N–H and O–H groups in total. The van der Waals surface area contributed by atoms with E-state index in [4.69, 9.17) is 16.7 Å². The highest BCUT2D eigenvalue weighted by Gasteiger charge is 2.52. The van der Waals surface area contributed by atoms with Gasteiger partial charge in [0.2, 0.25) is 5.60 Å². The Kier molecular flexibility index (Phi) is 1.17. The first-order valence-corrected chi connectivity index (χ1v) is 2.68. The number of halogens is 1. The molecule has 1 aliphatic heterocycles. The first-order chi connectivity index (χ1) is 3.71. The molecular formula is C4H5ClO3. The van der Waals surface area contributed by atoms with Gasteiger partial charge in [-0.05, 0) is 0 Å². The van der Waals surface area contributed by atoms with Crippen molar-refractivity contribution in [3.05, 3.63) is 0 Å². The van der Waals surface area contributed by atoms with Crippen LogP contribution in [0, 0.1) is 0 Å². The molecule has 0 aromatic carbocycles. The summed E-state index contributed by atoms with van der Waals surface area (Å²) in [6.45, 7) is 0.256. The number of carbonyl (C=O) groups is 1. The minimum Gasteiger partial charge on any atom is -0.479 e. The smallest absolute Gasteiger partial charge is 0.339 e. The van der Waals surface area contributed by atoms with E-state index < -0.39 is 11.6 Å². The van der Waals surface area contributed by atoms with Gasteiger partial charge in [0.05, 0.1) is 12.5 Å². The number of carboxylic acids is 1. The number of hydrogen-bond donors (Lipinski definition) is 1. The molecule has 0 aromatic rings. The van der Waals surface area contributed by atoms with Crippen molar-refractivity contribution in [2.24, 2.45) is 0 Å². The van der Waals surface area contributed by atoms with E-state index >= 15 is 0 Å². The Morgan fingerprint density at radius 2 is 2.50 bits per heavy atom. The molecule has 1 atom stereocenters. The average molecular weight is 137 g/mol. The fourth-order valence-electron chi connectivity index (χ4n) is 0.345. The van der Waals surface area contributed by atoms with E-state index in [1.165, 1.54) is 0 Å². The first kappa shape index (κ1) is 5.85. The average Bonchev–Trinajstić information content (AvgIpc) is 2.44. The monoisotopic (exact) mass is 136 g/mol. The van der Waals surface area contributed by atoms with E-state index in [1.54, 1.807) is 0 Å². The van der Waals surface area contributed by atoms with Crippen LogP contribution in [0.3, 0.4) is 0 Å². The second-order valence-electron chi connectivity index (χ2n) is 1.72. The third kappa shape index (κ3) is 0.677. The van der Waals surface area contributed by atoms with Gasteiger partial charge < -0.3 is 9.84 Å². The zero-order chi connectivity index (χ0) is 6.20. The summed E-state index contributed by atoms with van der Waals surface area (Å²) in [6.07, 6.45) is 0. The molecule has 0 saturated carbocycles. The van der Waals surface area contributed by atoms with E-state index in [2.05, 4.69) is 4.74 Å². The Morgan fingerprint density at radius 3 is 2.50 bits per heavy atom. The maximum absolute atomic E-state index is 10.1. The highest BCUT2D eigenvalue weighted by atomic mass is 35.5. The number of alkyl halides is 1. The molecule has 0 amide bonds. The summed E-state index contributed by atoms with van der Waals surface area (Å²) < 4.78 is 4.58. The van der Waals surface area contributed by atoms with E-state index in [0.717, 1.165) is 0 Å². The molecule has 46 valence electrons. The van der Waals surface area contributed by atoms with Crippen LogP contribution in [0.15, 0.2) is 0 Å². The van der Waals surface area contributed by atoms with Gasteiger partial charge in [-0.3, -0.25) is 0 Å². The number of rotatable bonds is 2. The summed E-state index contributed by atoms with van der Waals surface area (Å²) in [5.74, 6) is -0.921. The standard InChI is InChI=1S/C4H5ClO3/c5-1-4(2-8-4)3(6)7/h1-2H2,(H,6,7).